The molecule has 28 heavy (non-hydrogen) atoms. The second kappa shape index (κ2) is 8.24. The third-order valence-corrected chi connectivity index (χ3v) is 3.90. The van der Waals surface area contributed by atoms with Crippen LogP contribution in [0.2, 0.25) is 0 Å². The molecule has 0 radical (unpaired) electrons. The molecule has 0 N–H and O–H groups in total. The number of hydrogen-bond acceptors (Lipinski definition) is 5. The summed E-state index contributed by atoms with van der Waals surface area (Å²) in [5.74, 6) is 0.173. The normalized spacial score (nSPS) is 13.2. The number of halogens is 3. The van der Waals surface area contributed by atoms with E-state index < -0.39 is 17.3 Å². The van der Waals surface area contributed by atoms with E-state index in [1.54, 1.807) is 45.0 Å². The van der Waals surface area contributed by atoms with E-state index in [0.717, 1.165) is 12.6 Å². The maximum atomic E-state index is 13.6. The van der Waals surface area contributed by atoms with Gasteiger partial charge in [-0.15, -0.1) is 0 Å². The minimum absolute atomic E-state index is 0.0816. The second-order valence-corrected chi connectivity index (χ2v) is 7.47. The van der Waals surface area contributed by atoms with Crippen LogP contribution in [0.3, 0.4) is 0 Å². The molecule has 1 unspecified atom stereocenters. The molecule has 0 aliphatic heterocycles. The molecule has 2 aromatic rings. The monoisotopic (exact) mass is 397 g/mol. The van der Waals surface area contributed by atoms with E-state index >= 15 is 0 Å². The number of hydrogen-bond donors (Lipinski definition) is 0. The predicted molar refractivity (Wildman–Crippen MR) is 102 cm³/mol. The van der Waals surface area contributed by atoms with Gasteiger partial charge in [0.1, 0.15) is 16.9 Å². The Balaban J connectivity index is 2.54. The Morgan fingerprint density at radius 3 is 2.36 bits per heavy atom. The van der Waals surface area contributed by atoms with E-state index in [1.807, 2.05) is 13.8 Å². The quantitative estimate of drug-likeness (QED) is 0.633. The third-order valence-electron chi connectivity index (χ3n) is 3.90. The summed E-state index contributed by atoms with van der Waals surface area (Å²) in [5.41, 5.74) is -1.13. The maximum Gasteiger partial charge on any atom is 0.421 e. The minimum atomic E-state index is -4.61. The molecule has 0 spiro atoms. The average molecular weight is 397 g/mol. The Bertz CT molecular complexity index is 804. The topological polar surface area (TPSA) is 47.5 Å². The van der Waals surface area contributed by atoms with Gasteiger partial charge in [0.15, 0.2) is 5.82 Å². The van der Waals surface area contributed by atoms with Crippen LogP contribution in [-0.4, -0.2) is 28.7 Å². The van der Waals surface area contributed by atoms with E-state index in [1.165, 1.54) is 11.9 Å². The van der Waals surface area contributed by atoms with Gasteiger partial charge in [-0.3, -0.25) is 0 Å². The zero-order valence-electron chi connectivity index (χ0n) is 17.0. The molecule has 5 nitrogen and oxygen atoms in total. The zero-order valence-corrected chi connectivity index (χ0v) is 17.0. The molecule has 0 saturated heterocycles. The number of alkyl halides is 3. The van der Waals surface area contributed by atoms with Crippen molar-refractivity contribution in [1.29, 1.82) is 0 Å². The van der Waals surface area contributed by atoms with Crippen molar-refractivity contribution in [2.75, 3.05) is 11.9 Å². The molecule has 0 aliphatic rings. The van der Waals surface area contributed by atoms with Crippen LogP contribution in [-0.2, 0) is 6.18 Å². The molecule has 0 saturated carbocycles. The van der Waals surface area contributed by atoms with Gasteiger partial charge in [-0.05, 0) is 46.2 Å². The lowest BCUT2D eigenvalue weighted by Gasteiger charge is -2.26. The molecule has 0 bridgehead atoms. The number of aromatic nitrogens is 2. The van der Waals surface area contributed by atoms with Crippen molar-refractivity contribution in [2.45, 2.75) is 58.9 Å². The molecule has 8 heteroatoms. The molecule has 0 aliphatic carbocycles. The second-order valence-electron chi connectivity index (χ2n) is 7.47. The van der Waals surface area contributed by atoms with Gasteiger partial charge >= 0.3 is 12.2 Å². The molecule has 1 heterocycles. The number of rotatable bonds is 6. The first kappa shape index (κ1) is 21.8. The summed E-state index contributed by atoms with van der Waals surface area (Å²) >= 11 is 0. The largest absolute Gasteiger partial charge is 0.489 e. The van der Waals surface area contributed by atoms with Crippen molar-refractivity contribution in [3.8, 4) is 11.8 Å². The van der Waals surface area contributed by atoms with Gasteiger partial charge in [0.05, 0.1) is 11.8 Å². The summed E-state index contributed by atoms with van der Waals surface area (Å²) in [7, 11) is 1.51. The molecule has 0 fully saturated rings. The van der Waals surface area contributed by atoms with Crippen molar-refractivity contribution in [3.63, 3.8) is 0 Å². The Hall–Kier alpha value is -2.51. The smallest absolute Gasteiger partial charge is 0.421 e. The number of para-hydroxylation sites is 2. The van der Waals surface area contributed by atoms with Crippen LogP contribution >= 0.6 is 0 Å². The first-order chi connectivity index (χ1) is 12.9. The van der Waals surface area contributed by atoms with Crippen LogP contribution in [0.4, 0.5) is 24.7 Å². The fourth-order valence-electron chi connectivity index (χ4n) is 2.38. The van der Waals surface area contributed by atoms with Crippen LogP contribution in [0.5, 0.6) is 11.8 Å². The molecule has 0 amide bonds. The number of benzene rings is 1. The first-order valence-electron chi connectivity index (χ1n) is 9.05. The summed E-state index contributed by atoms with van der Waals surface area (Å²) in [4.78, 5) is 9.14. The summed E-state index contributed by atoms with van der Waals surface area (Å²) < 4.78 is 52.2. The fraction of sp³-hybridized carbons (Fsp3) is 0.500. The lowest BCUT2D eigenvalue weighted by molar-refractivity contribution is -0.137. The SMILES string of the molecule is CCC(C)Oc1ccccc1N(C)c1nc(OC(C)(C)C)ncc1C(F)(F)F. The van der Waals surface area contributed by atoms with Gasteiger partial charge in [-0.1, -0.05) is 19.1 Å². The highest BCUT2D eigenvalue weighted by Gasteiger charge is 2.37. The van der Waals surface area contributed by atoms with Gasteiger partial charge in [-0.25, -0.2) is 4.98 Å². The highest BCUT2D eigenvalue weighted by atomic mass is 19.4. The van der Waals surface area contributed by atoms with E-state index in [0.29, 0.717) is 11.4 Å². The summed E-state index contributed by atoms with van der Waals surface area (Å²) in [6, 6.07) is 6.79. The molecular weight excluding hydrogens is 371 g/mol. The van der Waals surface area contributed by atoms with Crippen molar-refractivity contribution in [1.82, 2.24) is 9.97 Å². The molecule has 154 valence electrons. The number of nitrogens with zero attached hydrogens (tertiary/aromatic N) is 3. The van der Waals surface area contributed by atoms with Crippen molar-refractivity contribution >= 4 is 11.5 Å². The van der Waals surface area contributed by atoms with E-state index in [9.17, 15) is 13.2 Å². The minimum Gasteiger partial charge on any atom is -0.489 e. The highest BCUT2D eigenvalue weighted by molar-refractivity contribution is 5.68. The molecule has 1 aromatic carbocycles. The number of ether oxygens (including phenoxy) is 2. The lowest BCUT2D eigenvalue weighted by Crippen LogP contribution is -2.26. The van der Waals surface area contributed by atoms with Gasteiger partial charge in [0, 0.05) is 13.2 Å². The maximum absolute atomic E-state index is 13.6. The molecule has 1 aromatic heterocycles. The Labute approximate surface area is 163 Å². The van der Waals surface area contributed by atoms with Crippen LogP contribution in [0.15, 0.2) is 30.5 Å². The lowest BCUT2D eigenvalue weighted by atomic mass is 10.2. The highest BCUT2D eigenvalue weighted by Crippen LogP contribution is 2.40. The van der Waals surface area contributed by atoms with E-state index in [4.69, 9.17) is 9.47 Å². The van der Waals surface area contributed by atoms with Gasteiger partial charge in [-0.2, -0.15) is 18.2 Å². The van der Waals surface area contributed by atoms with Gasteiger partial charge < -0.3 is 14.4 Å². The average Bonchev–Trinajstić information content (AvgIpc) is 2.59. The first-order valence-corrected chi connectivity index (χ1v) is 9.05. The predicted octanol–water partition coefficient (Wildman–Crippen LogP) is 5.62. The summed E-state index contributed by atoms with van der Waals surface area (Å²) in [6.07, 6.45) is -3.18. The van der Waals surface area contributed by atoms with Crippen LogP contribution < -0.4 is 14.4 Å². The van der Waals surface area contributed by atoms with Crippen molar-refractivity contribution < 1.29 is 22.6 Å². The Morgan fingerprint density at radius 2 is 1.79 bits per heavy atom. The molecular formula is C20H26F3N3O2. The Kier molecular flexibility index (Phi) is 6.41. The van der Waals surface area contributed by atoms with Crippen LogP contribution in [0.1, 0.15) is 46.6 Å². The summed E-state index contributed by atoms with van der Waals surface area (Å²) in [6.45, 7) is 9.18. The van der Waals surface area contributed by atoms with E-state index in [-0.39, 0.29) is 17.9 Å². The van der Waals surface area contributed by atoms with Crippen LogP contribution in [0.25, 0.3) is 0 Å². The Morgan fingerprint density at radius 1 is 1.14 bits per heavy atom. The van der Waals surface area contributed by atoms with Gasteiger partial charge in [0.2, 0.25) is 0 Å². The fourth-order valence-corrected chi connectivity index (χ4v) is 2.38. The van der Waals surface area contributed by atoms with E-state index in [2.05, 4.69) is 9.97 Å². The zero-order chi connectivity index (χ0) is 21.1. The summed E-state index contributed by atoms with van der Waals surface area (Å²) in [5, 5.41) is 0. The third kappa shape index (κ3) is 5.50. The van der Waals surface area contributed by atoms with Crippen molar-refractivity contribution in [3.05, 3.63) is 36.0 Å². The van der Waals surface area contributed by atoms with Crippen molar-refractivity contribution in [2.24, 2.45) is 0 Å². The standard InChI is InChI=1S/C20H26F3N3O2/c1-7-13(2)27-16-11-9-8-10-15(16)26(6)17-14(20(21,22)23)12-24-18(25-17)28-19(3,4)5/h8-13H,7H2,1-6H3. The molecule has 2 rings (SSSR count). The number of anilines is 2. The molecule has 1 atom stereocenters. The van der Waals surface area contributed by atoms with Gasteiger partial charge in [0.25, 0.3) is 0 Å². The van der Waals surface area contributed by atoms with Crippen LogP contribution in [0, 0.1) is 0 Å².